The molecule has 0 saturated carbocycles. The Morgan fingerprint density at radius 2 is 2.28 bits per heavy atom. The summed E-state index contributed by atoms with van der Waals surface area (Å²) >= 11 is 0. The number of esters is 1. The van der Waals surface area contributed by atoms with Crippen LogP contribution in [0.1, 0.15) is 41.6 Å². The van der Waals surface area contributed by atoms with Crippen LogP contribution in [-0.2, 0) is 9.47 Å². The van der Waals surface area contributed by atoms with Gasteiger partial charge in [-0.05, 0) is 36.6 Å². The van der Waals surface area contributed by atoms with Crippen LogP contribution in [0, 0.1) is 5.82 Å². The number of hydrogen-bond donors (Lipinski definition) is 0. The largest absolute Gasteiger partial charge is 0.465 e. The summed E-state index contributed by atoms with van der Waals surface area (Å²) in [6.07, 6.45) is 1.86. The molecule has 0 N–H and O–H groups in total. The third-order valence-corrected chi connectivity index (χ3v) is 3.38. The maximum atomic E-state index is 13.6. The first-order valence-electron chi connectivity index (χ1n) is 6.16. The van der Waals surface area contributed by atoms with Crippen LogP contribution in [0.15, 0.2) is 18.2 Å². The van der Waals surface area contributed by atoms with E-state index in [1.807, 2.05) is 6.92 Å². The molecular formula is C14H17FO3. The number of benzene rings is 1. The monoisotopic (exact) mass is 252 g/mol. The van der Waals surface area contributed by atoms with E-state index in [0.717, 1.165) is 18.4 Å². The highest BCUT2D eigenvalue weighted by molar-refractivity contribution is 5.89. The third-order valence-electron chi connectivity index (χ3n) is 3.38. The van der Waals surface area contributed by atoms with E-state index in [1.165, 1.54) is 19.2 Å². The van der Waals surface area contributed by atoms with Gasteiger partial charge in [0, 0.05) is 12.5 Å². The van der Waals surface area contributed by atoms with Crippen LogP contribution >= 0.6 is 0 Å². The summed E-state index contributed by atoms with van der Waals surface area (Å²) in [7, 11) is 1.29. The molecule has 0 radical (unpaired) electrons. The average Bonchev–Trinajstić information content (AvgIpc) is 2.85. The Balaban J connectivity index is 2.33. The number of carbonyl (C=O) groups excluding carboxylic acids is 1. The highest BCUT2D eigenvalue weighted by Gasteiger charge is 2.29. The van der Waals surface area contributed by atoms with Crippen LogP contribution in [0.2, 0.25) is 0 Å². The molecule has 3 nitrogen and oxygen atoms in total. The molecule has 0 aliphatic carbocycles. The smallest absolute Gasteiger partial charge is 0.337 e. The number of methoxy groups -OCH3 is 1. The number of ether oxygens (including phenoxy) is 2. The number of hydrogen-bond acceptors (Lipinski definition) is 3. The van der Waals surface area contributed by atoms with Crippen molar-refractivity contribution >= 4 is 5.97 Å². The second kappa shape index (κ2) is 5.48. The molecule has 0 amide bonds. The standard InChI is InChI=1S/C14H17FO3/c1-3-13-12(4-5-18-13)9-6-10(14(16)17-2)8-11(15)7-9/h6-8,12-13H,3-5H2,1-2H3/t12-,13+/m0/s1. The van der Waals surface area contributed by atoms with Crippen LogP contribution in [0.3, 0.4) is 0 Å². The lowest BCUT2D eigenvalue weighted by Crippen LogP contribution is -2.14. The fourth-order valence-corrected chi connectivity index (χ4v) is 2.49. The highest BCUT2D eigenvalue weighted by Crippen LogP contribution is 2.33. The highest BCUT2D eigenvalue weighted by atomic mass is 19.1. The fraction of sp³-hybridized carbons (Fsp3) is 0.500. The molecule has 18 heavy (non-hydrogen) atoms. The summed E-state index contributed by atoms with van der Waals surface area (Å²) in [4.78, 5) is 11.5. The second-order valence-corrected chi connectivity index (χ2v) is 4.48. The molecule has 98 valence electrons. The zero-order valence-electron chi connectivity index (χ0n) is 10.6. The lowest BCUT2D eigenvalue weighted by atomic mass is 9.90. The number of carbonyl (C=O) groups is 1. The molecule has 1 aromatic rings. The van der Waals surface area contributed by atoms with Gasteiger partial charge in [-0.2, -0.15) is 0 Å². The van der Waals surface area contributed by atoms with Gasteiger partial charge in [0.1, 0.15) is 5.82 Å². The van der Waals surface area contributed by atoms with Gasteiger partial charge in [-0.25, -0.2) is 9.18 Å². The molecule has 0 spiro atoms. The van der Waals surface area contributed by atoms with Crippen molar-refractivity contribution in [3.63, 3.8) is 0 Å². The normalized spacial score (nSPS) is 23.1. The van der Waals surface area contributed by atoms with E-state index in [2.05, 4.69) is 4.74 Å². The molecule has 4 heteroatoms. The van der Waals surface area contributed by atoms with Crippen molar-refractivity contribution in [2.45, 2.75) is 31.8 Å². The minimum atomic E-state index is -0.511. The summed E-state index contributed by atoms with van der Waals surface area (Å²) in [5.74, 6) is -0.758. The number of halogens is 1. The molecule has 2 atom stereocenters. The van der Waals surface area contributed by atoms with E-state index >= 15 is 0 Å². The first kappa shape index (κ1) is 13.0. The topological polar surface area (TPSA) is 35.5 Å². The molecule has 1 aliphatic rings. The predicted octanol–water partition coefficient (Wildman–Crippen LogP) is 2.89. The van der Waals surface area contributed by atoms with Crippen LogP contribution in [0.5, 0.6) is 0 Å². The lowest BCUT2D eigenvalue weighted by molar-refractivity contribution is 0.0599. The van der Waals surface area contributed by atoms with Gasteiger partial charge in [0.15, 0.2) is 0 Å². The zero-order valence-corrected chi connectivity index (χ0v) is 10.6. The van der Waals surface area contributed by atoms with Gasteiger partial charge in [0.2, 0.25) is 0 Å². The molecule has 0 aromatic heterocycles. The summed E-state index contributed by atoms with van der Waals surface area (Å²) in [5, 5.41) is 0. The first-order chi connectivity index (χ1) is 8.65. The maximum absolute atomic E-state index is 13.6. The summed E-state index contributed by atoms with van der Waals surface area (Å²) in [6, 6.07) is 4.39. The lowest BCUT2D eigenvalue weighted by Gasteiger charge is -2.17. The molecule has 1 saturated heterocycles. The zero-order chi connectivity index (χ0) is 13.1. The Labute approximate surface area is 106 Å². The van der Waals surface area contributed by atoms with E-state index in [1.54, 1.807) is 6.07 Å². The van der Waals surface area contributed by atoms with Gasteiger partial charge in [-0.1, -0.05) is 6.92 Å². The van der Waals surface area contributed by atoms with Crippen LogP contribution in [0.4, 0.5) is 4.39 Å². The van der Waals surface area contributed by atoms with Gasteiger partial charge in [0.05, 0.1) is 18.8 Å². The molecular weight excluding hydrogens is 235 g/mol. The van der Waals surface area contributed by atoms with E-state index in [4.69, 9.17) is 4.74 Å². The number of rotatable bonds is 3. The average molecular weight is 252 g/mol. The van der Waals surface area contributed by atoms with Crippen molar-refractivity contribution in [3.05, 3.63) is 35.1 Å². The minimum absolute atomic E-state index is 0.109. The van der Waals surface area contributed by atoms with Gasteiger partial charge >= 0.3 is 5.97 Å². The van der Waals surface area contributed by atoms with Crippen molar-refractivity contribution in [2.75, 3.05) is 13.7 Å². The Hall–Kier alpha value is -1.42. The fourth-order valence-electron chi connectivity index (χ4n) is 2.49. The molecule has 1 aromatic carbocycles. The summed E-state index contributed by atoms with van der Waals surface area (Å²) in [5.41, 5.74) is 1.08. The Kier molecular flexibility index (Phi) is 3.97. The van der Waals surface area contributed by atoms with Gasteiger partial charge in [0.25, 0.3) is 0 Å². The van der Waals surface area contributed by atoms with E-state index in [-0.39, 0.29) is 17.6 Å². The summed E-state index contributed by atoms with van der Waals surface area (Å²) < 4.78 is 23.8. The SMILES string of the molecule is CC[C@H]1OCC[C@H]1c1cc(F)cc(C(=O)OC)c1. The first-order valence-corrected chi connectivity index (χ1v) is 6.16. The van der Waals surface area contributed by atoms with E-state index in [9.17, 15) is 9.18 Å². The Morgan fingerprint density at radius 1 is 1.50 bits per heavy atom. The van der Waals surface area contributed by atoms with Crippen LogP contribution < -0.4 is 0 Å². The van der Waals surface area contributed by atoms with Crippen molar-refractivity contribution < 1.29 is 18.7 Å². The van der Waals surface area contributed by atoms with Crippen molar-refractivity contribution in [3.8, 4) is 0 Å². The molecule has 0 unspecified atom stereocenters. The van der Waals surface area contributed by atoms with Gasteiger partial charge in [-0.15, -0.1) is 0 Å². The Bertz CT molecular complexity index is 445. The second-order valence-electron chi connectivity index (χ2n) is 4.48. The predicted molar refractivity (Wildman–Crippen MR) is 65.1 cm³/mol. The van der Waals surface area contributed by atoms with E-state index in [0.29, 0.717) is 6.61 Å². The van der Waals surface area contributed by atoms with Gasteiger partial charge < -0.3 is 9.47 Å². The van der Waals surface area contributed by atoms with E-state index < -0.39 is 11.8 Å². The molecule has 1 aliphatic heterocycles. The molecule has 1 heterocycles. The third kappa shape index (κ3) is 2.53. The Morgan fingerprint density at radius 3 is 2.94 bits per heavy atom. The van der Waals surface area contributed by atoms with Crippen LogP contribution in [0.25, 0.3) is 0 Å². The molecule has 0 bridgehead atoms. The quantitative estimate of drug-likeness (QED) is 0.776. The maximum Gasteiger partial charge on any atom is 0.337 e. The van der Waals surface area contributed by atoms with Gasteiger partial charge in [-0.3, -0.25) is 0 Å². The molecule has 1 fully saturated rings. The van der Waals surface area contributed by atoms with Crippen molar-refractivity contribution in [2.24, 2.45) is 0 Å². The van der Waals surface area contributed by atoms with Crippen molar-refractivity contribution in [1.82, 2.24) is 0 Å². The van der Waals surface area contributed by atoms with Crippen LogP contribution in [-0.4, -0.2) is 25.8 Å². The molecule has 2 rings (SSSR count). The summed E-state index contributed by atoms with van der Waals surface area (Å²) in [6.45, 7) is 2.73. The minimum Gasteiger partial charge on any atom is -0.465 e. The van der Waals surface area contributed by atoms with Crippen molar-refractivity contribution in [1.29, 1.82) is 0 Å².